The summed E-state index contributed by atoms with van der Waals surface area (Å²) in [6.07, 6.45) is 1.17. The van der Waals surface area contributed by atoms with Crippen molar-refractivity contribution in [2.45, 2.75) is 18.7 Å². The number of rotatable bonds is 8. The topological polar surface area (TPSA) is 70.6 Å². The van der Waals surface area contributed by atoms with E-state index in [2.05, 4.69) is 23.7 Å². The van der Waals surface area contributed by atoms with Crippen molar-refractivity contribution in [2.75, 3.05) is 37.3 Å². The number of thiazole rings is 1. The monoisotopic (exact) mass is 467 g/mol. The number of hydrogen-bond donors (Lipinski definition) is 0. The lowest BCUT2D eigenvalue weighted by molar-refractivity contribution is 0.0984. The Bertz CT molecular complexity index is 1100. The zero-order chi connectivity index (χ0) is 21.0. The summed E-state index contributed by atoms with van der Waals surface area (Å²) < 4.78 is 25.0. The highest BCUT2D eigenvalue weighted by molar-refractivity contribution is 7.91. The minimum Gasteiger partial charge on any atom is -0.302 e. The number of hydrogen-bond acceptors (Lipinski definition) is 6. The van der Waals surface area contributed by atoms with Crippen LogP contribution < -0.4 is 4.90 Å². The Balaban J connectivity index is 0.00000320. The molecule has 3 rings (SSSR count). The van der Waals surface area contributed by atoms with E-state index in [1.54, 1.807) is 29.2 Å². The molecule has 0 unspecified atom stereocenters. The minimum atomic E-state index is -3.42. The summed E-state index contributed by atoms with van der Waals surface area (Å²) in [5, 5.41) is 0.511. The van der Waals surface area contributed by atoms with Crippen LogP contribution in [0, 0.1) is 0 Å². The molecule has 0 aliphatic carbocycles. The molecular formula is C21H26ClN3O3S2. The lowest BCUT2D eigenvalue weighted by Crippen LogP contribution is -2.38. The van der Waals surface area contributed by atoms with Crippen LogP contribution >= 0.6 is 23.7 Å². The van der Waals surface area contributed by atoms with E-state index in [0.29, 0.717) is 29.3 Å². The average Bonchev–Trinajstić information content (AvgIpc) is 3.14. The molecule has 9 heteroatoms. The molecule has 0 aliphatic heterocycles. The second-order valence-corrected chi connectivity index (χ2v) is 9.71. The number of para-hydroxylation sites is 1. The van der Waals surface area contributed by atoms with Crippen molar-refractivity contribution in [2.24, 2.45) is 0 Å². The van der Waals surface area contributed by atoms with Gasteiger partial charge in [0.15, 0.2) is 15.0 Å². The van der Waals surface area contributed by atoms with Gasteiger partial charge in [0, 0.05) is 24.9 Å². The summed E-state index contributed by atoms with van der Waals surface area (Å²) in [5.74, 6) is -0.141. The molecule has 162 valence electrons. The van der Waals surface area contributed by atoms with Gasteiger partial charge in [0.25, 0.3) is 5.91 Å². The van der Waals surface area contributed by atoms with Crippen molar-refractivity contribution < 1.29 is 13.2 Å². The van der Waals surface area contributed by atoms with E-state index in [1.165, 1.54) is 17.6 Å². The zero-order valence-electron chi connectivity index (χ0n) is 17.2. The van der Waals surface area contributed by atoms with Gasteiger partial charge in [-0.05, 0) is 37.4 Å². The summed E-state index contributed by atoms with van der Waals surface area (Å²) in [6.45, 7) is 7.14. The van der Waals surface area contributed by atoms with Crippen molar-refractivity contribution >= 4 is 54.8 Å². The van der Waals surface area contributed by atoms with Crippen molar-refractivity contribution in [1.82, 2.24) is 9.88 Å². The second-order valence-electron chi connectivity index (χ2n) is 6.72. The van der Waals surface area contributed by atoms with Crippen LogP contribution in [0.3, 0.4) is 0 Å². The highest BCUT2D eigenvalue weighted by Crippen LogP contribution is 2.33. The molecule has 0 bridgehead atoms. The maximum Gasteiger partial charge on any atom is 0.260 e. The van der Waals surface area contributed by atoms with Crippen LogP contribution in [0.25, 0.3) is 10.2 Å². The molecule has 0 aliphatic rings. The summed E-state index contributed by atoms with van der Waals surface area (Å²) in [4.78, 5) is 21.9. The number of fused-ring (bicyclic) bond motifs is 1. The third kappa shape index (κ3) is 5.37. The quantitative estimate of drug-likeness (QED) is 0.498. The maximum absolute atomic E-state index is 13.2. The Morgan fingerprint density at radius 1 is 1.00 bits per heavy atom. The Morgan fingerprint density at radius 2 is 1.67 bits per heavy atom. The van der Waals surface area contributed by atoms with Crippen LogP contribution in [-0.4, -0.2) is 56.6 Å². The molecule has 1 heterocycles. The Morgan fingerprint density at radius 3 is 2.27 bits per heavy atom. The van der Waals surface area contributed by atoms with Crippen LogP contribution in [-0.2, 0) is 9.84 Å². The first kappa shape index (κ1) is 24.3. The van der Waals surface area contributed by atoms with Crippen molar-refractivity contribution in [1.29, 1.82) is 0 Å². The molecule has 0 fully saturated rings. The second kappa shape index (κ2) is 10.3. The molecule has 0 radical (unpaired) electrons. The Labute approximate surface area is 187 Å². The van der Waals surface area contributed by atoms with Gasteiger partial charge in [0.1, 0.15) is 5.52 Å². The number of carbonyl (C=O) groups is 1. The molecule has 1 amide bonds. The summed E-state index contributed by atoms with van der Waals surface area (Å²) >= 11 is 1.34. The number of nitrogens with zero attached hydrogens (tertiary/aromatic N) is 3. The predicted octanol–water partition coefficient (Wildman–Crippen LogP) is 4.11. The van der Waals surface area contributed by atoms with Crippen LogP contribution in [0.1, 0.15) is 24.2 Å². The fraction of sp³-hybridized carbons (Fsp3) is 0.333. The number of anilines is 1. The molecule has 0 saturated carbocycles. The van der Waals surface area contributed by atoms with Gasteiger partial charge < -0.3 is 4.90 Å². The molecular weight excluding hydrogens is 442 g/mol. The van der Waals surface area contributed by atoms with E-state index >= 15 is 0 Å². The third-order valence-electron chi connectivity index (χ3n) is 4.80. The van der Waals surface area contributed by atoms with Gasteiger partial charge in [0.05, 0.1) is 9.60 Å². The van der Waals surface area contributed by atoms with Gasteiger partial charge >= 0.3 is 0 Å². The molecule has 6 nitrogen and oxygen atoms in total. The number of aromatic nitrogens is 1. The summed E-state index contributed by atoms with van der Waals surface area (Å²) in [5.41, 5.74) is 0.998. The Kier molecular flexibility index (Phi) is 8.37. The largest absolute Gasteiger partial charge is 0.302 e. The predicted molar refractivity (Wildman–Crippen MR) is 126 cm³/mol. The van der Waals surface area contributed by atoms with E-state index in [9.17, 15) is 13.2 Å². The van der Waals surface area contributed by atoms with Crippen LogP contribution in [0.15, 0.2) is 53.4 Å². The highest BCUT2D eigenvalue weighted by atomic mass is 35.5. The SMILES string of the molecule is CCN(CC)CCN(C(=O)c1ccccc1)c1nc2c(S(C)(=O)=O)cccc2s1.Cl. The van der Waals surface area contributed by atoms with Gasteiger partial charge in [0.2, 0.25) is 0 Å². The molecule has 3 aromatic rings. The number of amides is 1. The number of carbonyl (C=O) groups excluding carboxylic acids is 1. The summed E-state index contributed by atoms with van der Waals surface area (Å²) in [7, 11) is -3.42. The standard InChI is InChI=1S/C21H25N3O3S2.ClH/c1-4-23(5-2)14-15-24(20(25)16-10-7-6-8-11-16)21-22-19-17(28-21)12-9-13-18(19)29(3,26)27;/h6-13H,4-5,14-15H2,1-3H3;1H. The van der Waals surface area contributed by atoms with Gasteiger partial charge in [-0.2, -0.15) is 0 Å². The van der Waals surface area contributed by atoms with Crippen molar-refractivity contribution in [3.63, 3.8) is 0 Å². The number of likely N-dealkylation sites (N-methyl/N-ethyl adjacent to an activating group) is 1. The first-order chi connectivity index (χ1) is 13.8. The zero-order valence-corrected chi connectivity index (χ0v) is 19.7. The summed E-state index contributed by atoms with van der Waals surface area (Å²) in [6, 6.07) is 14.2. The smallest absolute Gasteiger partial charge is 0.260 e. The molecule has 0 saturated heterocycles. The van der Waals surface area contributed by atoms with E-state index in [-0.39, 0.29) is 23.2 Å². The molecule has 0 atom stereocenters. The van der Waals surface area contributed by atoms with Gasteiger partial charge in [-0.3, -0.25) is 9.69 Å². The maximum atomic E-state index is 13.2. The van der Waals surface area contributed by atoms with Crippen LogP contribution in [0.5, 0.6) is 0 Å². The fourth-order valence-electron chi connectivity index (χ4n) is 3.13. The van der Waals surface area contributed by atoms with Crippen molar-refractivity contribution in [3.8, 4) is 0 Å². The molecule has 30 heavy (non-hydrogen) atoms. The molecule has 2 aromatic carbocycles. The van der Waals surface area contributed by atoms with Crippen LogP contribution in [0.4, 0.5) is 5.13 Å². The third-order valence-corrected chi connectivity index (χ3v) is 6.97. The first-order valence-electron chi connectivity index (χ1n) is 9.54. The molecule has 0 N–H and O–H groups in total. The number of halogens is 1. The van der Waals surface area contributed by atoms with E-state index < -0.39 is 9.84 Å². The van der Waals surface area contributed by atoms with Gasteiger partial charge in [-0.1, -0.05) is 49.4 Å². The number of sulfone groups is 1. The van der Waals surface area contributed by atoms with E-state index in [4.69, 9.17) is 0 Å². The lowest BCUT2D eigenvalue weighted by atomic mass is 10.2. The van der Waals surface area contributed by atoms with E-state index in [0.717, 1.165) is 17.8 Å². The van der Waals surface area contributed by atoms with E-state index in [1.807, 2.05) is 24.3 Å². The van der Waals surface area contributed by atoms with Crippen LogP contribution in [0.2, 0.25) is 0 Å². The lowest BCUT2D eigenvalue weighted by Gasteiger charge is -2.24. The minimum absolute atomic E-state index is 0. The fourth-order valence-corrected chi connectivity index (χ4v) is 5.04. The normalized spacial score (nSPS) is 11.5. The van der Waals surface area contributed by atoms with Gasteiger partial charge in [-0.25, -0.2) is 13.4 Å². The molecule has 0 spiro atoms. The van der Waals surface area contributed by atoms with Crippen molar-refractivity contribution in [3.05, 3.63) is 54.1 Å². The first-order valence-corrected chi connectivity index (χ1v) is 12.2. The highest BCUT2D eigenvalue weighted by Gasteiger charge is 2.23. The number of benzene rings is 2. The van der Waals surface area contributed by atoms with Gasteiger partial charge in [-0.15, -0.1) is 12.4 Å². The average molecular weight is 468 g/mol. The Hall–Kier alpha value is -2.00. The molecule has 1 aromatic heterocycles.